The van der Waals surface area contributed by atoms with Gasteiger partial charge in [0.15, 0.2) is 11.5 Å². The second-order valence-corrected chi connectivity index (χ2v) is 12.4. The predicted molar refractivity (Wildman–Crippen MR) is 161 cm³/mol. The molecule has 6 rings (SSSR count). The second kappa shape index (κ2) is 11.3. The molecule has 2 fully saturated rings. The summed E-state index contributed by atoms with van der Waals surface area (Å²) in [5.41, 5.74) is 1.26. The highest BCUT2D eigenvalue weighted by atomic mass is 16.6. The Hall–Kier alpha value is -4.04. The Labute approximate surface area is 247 Å². The van der Waals surface area contributed by atoms with Gasteiger partial charge in [-0.1, -0.05) is 42.5 Å². The van der Waals surface area contributed by atoms with Crippen molar-refractivity contribution in [2.45, 2.75) is 57.4 Å². The average molecular weight is 570 g/mol. The second-order valence-electron chi connectivity index (χ2n) is 12.4. The van der Waals surface area contributed by atoms with Crippen LogP contribution in [0.5, 0.6) is 11.5 Å². The van der Waals surface area contributed by atoms with Crippen molar-refractivity contribution in [1.82, 2.24) is 9.80 Å². The number of anilines is 1. The number of nitrogens with zero attached hydrogens (tertiary/aromatic N) is 3. The number of piperidine rings is 1. The van der Waals surface area contributed by atoms with Gasteiger partial charge < -0.3 is 24.0 Å². The molecule has 3 aromatic carbocycles. The normalized spacial score (nSPS) is 20.2. The van der Waals surface area contributed by atoms with Crippen molar-refractivity contribution in [3.63, 3.8) is 0 Å². The van der Waals surface area contributed by atoms with Crippen LogP contribution in [0.15, 0.2) is 78.9 Å². The van der Waals surface area contributed by atoms with E-state index in [1.165, 1.54) is 0 Å². The largest absolute Gasteiger partial charge is 0.486 e. The summed E-state index contributed by atoms with van der Waals surface area (Å²) in [6.07, 6.45) is 1.39. The molecule has 3 heterocycles. The topological polar surface area (TPSA) is 71.6 Å². The number of amides is 1. The fraction of sp³-hybridized carbons (Fsp3) is 0.412. The molecule has 1 unspecified atom stereocenters. The standard InChI is InChI=1S/C34H39N3O5/c1-33(2,3)42-31(38)26-11-9-10-25(20-26)21-36-24-37(27-12-5-4-6-13-27)34(32(36)39)16-18-35(19-17-34)22-28-23-40-29-14-7-8-15-30(29)41-28/h4-15,20,28H,16-19,21-24H2,1-3H3. The van der Waals surface area contributed by atoms with Gasteiger partial charge in [-0.15, -0.1) is 0 Å². The smallest absolute Gasteiger partial charge is 0.338 e. The fourth-order valence-corrected chi connectivity index (χ4v) is 6.22. The summed E-state index contributed by atoms with van der Waals surface area (Å²) in [6.45, 7) is 9.35. The number of rotatable bonds is 6. The number of benzene rings is 3. The van der Waals surface area contributed by atoms with Crippen LogP contribution in [0.2, 0.25) is 0 Å². The molecule has 2 saturated heterocycles. The quantitative estimate of drug-likeness (QED) is 0.382. The number of para-hydroxylation sites is 3. The molecule has 0 N–H and O–H groups in total. The maximum atomic E-state index is 14.2. The zero-order valence-electron chi connectivity index (χ0n) is 24.6. The van der Waals surface area contributed by atoms with Gasteiger partial charge in [-0.05, 0) is 75.6 Å². The van der Waals surface area contributed by atoms with E-state index in [1.807, 2.05) is 86.3 Å². The molecule has 220 valence electrons. The minimum Gasteiger partial charge on any atom is -0.486 e. The summed E-state index contributed by atoms with van der Waals surface area (Å²) in [7, 11) is 0. The lowest BCUT2D eigenvalue weighted by Gasteiger charge is -2.44. The molecule has 0 aliphatic carbocycles. The maximum absolute atomic E-state index is 14.2. The lowest BCUT2D eigenvalue weighted by atomic mass is 9.85. The van der Waals surface area contributed by atoms with Crippen molar-refractivity contribution >= 4 is 17.6 Å². The summed E-state index contributed by atoms with van der Waals surface area (Å²) < 4.78 is 17.7. The number of likely N-dealkylation sites (tertiary alicyclic amines) is 1. The molecule has 42 heavy (non-hydrogen) atoms. The van der Waals surface area contributed by atoms with Crippen molar-refractivity contribution in [1.29, 1.82) is 0 Å². The van der Waals surface area contributed by atoms with Crippen molar-refractivity contribution in [2.75, 3.05) is 37.8 Å². The molecule has 3 aliphatic heterocycles. The van der Waals surface area contributed by atoms with Crippen LogP contribution in [0.1, 0.15) is 49.5 Å². The SMILES string of the molecule is CC(C)(C)OC(=O)c1cccc(CN2CN(c3ccccc3)C3(CCN(CC4COc5ccccc5O4)CC3)C2=O)c1. The maximum Gasteiger partial charge on any atom is 0.338 e. The third kappa shape index (κ3) is 5.81. The predicted octanol–water partition coefficient (Wildman–Crippen LogP) is 5.12. The van der Waals surface area contributed by atoms with Gasteiger partial charge in [-0.3, -0.25) is 9.69 Å². The molecule has 3 aliphatic rings. The Bertz CT molecular complexity index is 1430. The van der Waals surface area contributed by atoms with Crippen molar-refractivity contribution in [2.24, 2.45) is 0 Å². The highest BCUT2D eigenvalue weighted by molar-refractivity contribution is 5.94. The summed E-state index contributed by atoms with van der Waals surface area (Å²) in [5, 5.41) is 0. The molecule has 1 amide bonds. The molecule has 3 aromatic rings. The molecule has 8 heteroatoms. The van der Waals surface area contributed by atoms with E-state index in [1.54, 1.807) is 6.07 Å². The molecule has 0 radical (unpaired) electrons. The first kappa shape index (κ1) is 28.1. The van der Waals surface area contributed by atoms with E-state index < -0.39 is 11.1 Å². The number of esters is 1. The van der Waals surface area contributed by atoms with Gasteiger partial charge in [0.25, 0.3) is 0 Å². The first-order valence-corrected chi connectivity index (χ1v) is 14.8. The average Bonchev–Trinajstić information content (AvgIpc) is 3.24. The Balaban J connectivity index is 1.16. The van der Waals surface area contributed by atoms with E-state index in [9.17, 15) is 9.59 Å². The molecule has 0 bridgehead atoms. The molecule has 1 spiro atoms. The number of carbonyl (C=O) groups excluding carboxylic acids is 2. The first-order chi connectivity index (χ1) is 20.2. The molecule has 1 atom stereocenters. The van der Waals surface area contributed by atoms with Crippen LogP contribution in [-0.4, -0.2) is 71.8 Å². The van der Waals surface area contributed by atoms with E-state index in [0.29, 0.717) is 25.4 Å². The number of ether oxygens (including phenoxy) is 3. The van der Waals surface area contributed by atoms with Crippen molar-refractivity contribution in [3.05, 3.63) is 90.0 Å². The Kier molecular flexibility index (Phi) is 7.58. The summed E-state index contributed by atoms with van der Waals surface area (Å²) in [4.78, 5) is 33.5. The van der Waals surface area contributed by atoms with Crippen LogP contribution in [0.25, 0.3) is 0 Å². The van der Waals surface area contributed by atoms with Crippen molar-refractivity contribution < 1.29 is 23.8 Å². The first-order valence-electron chi connectivity index (χ1n) is 14.8. The number of carbonyl (C=O) groups is 2. The van der Waals surface area contributed by atoms with Gasteiger partial charge in [-0.25, -0.2) is 4.79 Å². The molecule has 8 nitrogen and oxygen atoms in total. The van der Waals surface area contributed by atoms with E-state index in [0.717, 1.165) is 55.2 Å². The third-order valence-electron chi connectivity index (χ3n) is 8.23. The van der Waals surface area contributed by atoms with Gasteiger partial charge in [0.2, 0.25) is 5.91 Å². The van der Waals surface area contributed by atoms with Crippen LogP contribution >= 0.6 is 0 Å². The lowest BCUT2D eigenvalue weighted by molar-refractivity contribution is -0.134. The summed E-state index contributed by atoms with van der Waals surface area (Å²) in [5.74, 6) is 1.36. The molecular weight excluding hydrogens is 530 g/mol. The lowest BCUT2D eigenvalue weighted by Crippen LogP contribution is -2.57. The highest BCUT2D eigenvalue weighted by Gasteiger charge is 2.53. The van der Waals surface area contributed by atoms with E-state index in [-0.39, 0.29) is 18.0 Å². The third-order valence-corrected chi connectivity index (χ3v) is 8.23. The van der Waals surface area contributed by atoms with Crippen molar-refractivity contribution in [3.8, 4) is 11.5 Å². The minimum atomic E-state index is -0.614. The summed E-state index contributed by atoms with van der Waals surface area (Å²) in [6, 6.07) is 25.4. The van der Waals surface area contributed by atoms with E-state index >= 15 is 0 Å². The highest BCUT2D eigenvalue weighted by Crippen LogP contribution is 2.40. The van der Waals surface area contributed by atoms with Crippen LogP contribution < -0.4 is 14.4 Å². The number of hydrogen-bond donors (Lipinski definition) is 0. The van der Waals surface area contributed by atoms with Crippen LogP contribution in [0, 0.1) is 0 Å². The minimum absolute atomic E-state index is 0.0489. The van der Waals surface area contributed by atoms with Crippen LogP contribution in [0.3, 0.4) is 0 Å². The van der Waals surface area contributed by atoms with E-state index in [2.05, 4.69) is 21.9 Å². The number of fused-ring (bicyclic) bond motifs is 1. The van der Waals surface area contributed by atoms with E-state index in [4.69, 9.17) is 14.2 Å². The Morgan fingerprint density at radius 2 is 1.67 bits per heavy atom. The Morgan fingerprint density at radius 1 is 0.952 bits per heavy atom. The Morgan fingerprint density at radius 3 is 2.40 bits per heavy atom. The van der Waals surface area contributed by atoms with Gasteiger partial charge in [0, 0.05) is 31.9 Å². The summed E-state index contributed by atoms with van der Waals surface area (Å²) >= 11 is 0. The zero-order valence-corrected chi connectivity index (χ0v) is 24.6. The van der Waals surface area contributed by atoms with Gasteiger partial charge >= 0.3 is 5.97 Å². The van der Waals surface area contributed by atoms with Gasteiger partial charge in [-0.2, -0.15) is 0 Å². The fourth-order valence-electron chi connectivity index (χ4n) is 6.22. The van der Waals surface area contributed by atoms with Gasteiger partial charge in [0.05, 0.1) is 12.2 Å². The van der Waals surface area contributed by atoms with Crippen LogP contribution in [-0.2, 0) is 16.1 Å². The van der Waals surface area contributed by atoms with Gasteiger partial charge in [0.1, 0.15) is 23.9 Å². The molecule has 0 saturated carbocycles. The van der Waals surface area contributed by atoms with Crippen LogP contribution in [0.4, 0.5) is 5.69 Å². The zero-order chi connectivity index (χ0) is 29.3. The molecule has 0 aromatic heterocycles. The molecular formula is C34H39N3O5. The monoisotopic (exact) mass is 569 g/mol. The number of hydrogen-bond acceptors (Lipinski definition) is 7.